The van der Waals surface area contributed by atoms with Gasteiger partial charge in [0.1, 0.15) is 0 Å². The Kier molecular flexibility index (Phi) is 5.22. The van der Waals surface area contributed by atoms with Crippen LogP contribution in [0.3, 0.4) is 0 Å². The highest BCUT2D eigenvalue weighted by atomic mass is 16.6. The molecule has 4 rings (SSSR count). The third-order valence-electron chi connectivity index (χ3n) is 4.90. The maximum atomic E-state index is 13.3. The number of fused-ring (bicyclic) bond motifs is 1. The molecule has 1 amide bonds. The van der Waals surface area contributed by atoms with Crippen LogP contribution in [0, 0.1) is 10.1 Å². The first-order valence-electron chi connectivity index (χ1n) is 9.47. The van der Waals surface area contributed by atoms with Gasteiger partial charge in [0, 0.05) is 36.7 Å². The average Bonchev–Trinajstić information content (AvgIpc) is 2.78. The highest BCUT2D eigenvalue weighted by molar-refractivity contribution is 6.07. The second-order valence-electron chi connectivity index (χ2n) is 7.03. The van der Waals surface area contributed by atoms with Gasteiger partial charge in [-0.3, -0.25) is 14.9 Å². The van der Waals surface area contributed by atoms with Crippen molar-refractivity contribution in [3.05, 3.63) is 106 Å². The number of hydrogen-bond donors (Lipinski definition) is 0. The summed E-state index contributed by atoms with van der Waals surface area (Å²) in [4.78, 5) is 30.2. The van der Waals surface area contributed by atoms with Crippen LogP contribution in [0.1, 0.15) is 15.9 Å². The lowest BCUT2D eigenvalue weighted by Gasteiger charge is -2.19. The number of nitro benzene ring substituents is 1. The van der Waals surface area contributed by atoms with Gasteiger partial charge in [0.25, 0.3) is 11.6 Å². The van der Waals surface area contributed by atoms with Gasteiger partial charge in [0.2, 0.25) is 0 Å². The molecule has 0 atom stereocenters. The quantitative estimate of drug-likeness (QED) is 0.347. The first-order valence-corrected chi connectivity index (χ1v) is 9.47. The van der Waals surface area contributed by atoms with Crippen LogP contribution in [-0.4, -0.2) is 27.8 Å². The summed E-state index contributed by atoms with van der Waals surface area (Å²) in [6.07, 6.45) is 0. The molecule has 1 heterocycles. The first-order chi connectivity index (χ1) is 14.5. The van der Waals surface area contributed by atoms with Gasteiger partial charge in [-0.05, 0) is 17.7 Å². The highest BCUT2D eigenvalue weighted by Gasteiger charge is 2.18. The number of nitro groups is 1. The predicted octanol–water partition coefficient (Wildman–Crippen LogP) is 5.08. The fourth-order valence-corrected chi connectivity index (χ4v) is 3.43. The van der Waals surface area contributed by atoms with Crippen LogP contribution >= 0.6 is 0 Å². The Balaban J connectivity index is 1.71. The number of carbonyl (C=O) groups is 1. The molecule has 0 saturated carbocycles. The number of benzene rings is 3. The van der Waals surface area contributed by atoms with Crippen molar-refractivity contribution in [3.63, 3.8) is 0 Å². The zero-order chi connectivity index (χ0) is 21.1. The summed E-state index contributed by atoms with van der Waals surface area (Å²) >= 11 is 0. The molecular formula is C24H19N3O3. The third kappa shape index (κ3) is 3.89. The molecular weight excluding hydrogens is 378 g/mol. The second kappa shape index (κ2) is 8.13. The molecule has 6 nitrogen and oxygen atoms in total. The Bertz CT molecular complexity index is 1240. The van der Waals surface area contributed by atoms with Gasteiger partial charge in [-0.15, -0.1) is 0 Å². The molecule has 6 heteroatoms. The van der Waals surface area contributed by atoms with Crippen molar-refractivity contribution in [2.75, 3.05) is 7.05 Å². The van der Waals surface area contributed by atoms with E-state index in [-0.39, 0.29) is 18.1 Å². The molecule has 4 aromatic rings. The molecule has 0 bridgehead atoms. The van der Waals surface area contributed by atoms with Crippen LogP contribution in [-0.2, 0) is 6.54 Å². The van der Waals surface area contributed by atoms with E-state index in [0.29, 0.717) is 11.1 Å². The van der Waals surface area contributed by atoms with Gasteiger partial charge in [-0.1, -0.05) is 60.7 Å². The number of carbonyl (C=O) groups excluding carboxylic acids is 1. The van der Waals surface area contributed by atoms with Gasteiger partial charge < -0.3 is 4.90 Å². The van der Waals surface area contributed by atoms with Crippen molar-refractivity contribution in [1.29, 1.82) is 0 Å². The number of pyridine rings is 1. The summed E-state index contributed by atoms with van der Waals surface area (Å²) in [5.41, 5.74) is 3.65. The van der Waals surface area contributed by atoms with Crippen molar-refractivity contribution in [1.82, 2.24) is 9.88 Å². The Hall–Kier alpha value is -4.06. The molecule has 0 saturated heterocycles. The number of non-ortho nitro benzene ring substituents is 1. The van der Waals surface area contributed by atoms with Crippen LogP contribution in [0.25, 0.3) is 22.2 Å². The highest BCUT2D eigenvalue weighted by Crippen LogP contribution is 2.26. The van der Waals surface area contributed by atoms with Crippen LogP contribution < -0.4 is 0 Å². The van der Waals surface area contributed by atoms with E-state index in [2.05, 4.69) is 0 Å². The van der Waals surface area contributed by atoms with Crippen molar-refractivity contribution in [3.8, 4) is 11.3 Å². The summed E-state index contributed by atoms with van der Waals surface area (Å²) in [7, 11) is 1.69. The monoisotopic (exact) mass is 397 g/mol. The fourth-order valence-electron chi connectivity index (χ4n) is 3.43. The van der Waals surface area contributed by atoms with Gasteiger partial charge in [0.05, 0.1) is 21.7 Å². The molecule has 3 aromatic carbocycles. The summed E-state index contributed by atoms with van der Waals surface area (Å²) < 4.78 is 0. The van der Waals surface area contributed by atoms with Gasteiger partial charge in [0.15, 0.2) is 0 Å². The normalized spacial score (nSPS) is 10.7. The van der Waals surface area contributed by atoms with Crippen LogP contribution in [0.5, 0.6) is 0 Å². The standard InChI is InChI=1S/C24H19N3O3/c1-26(16-17-8-7-11-19(14-17)27(29)30)24(28)21-15-23(18-9-3-2-4-10-18)25-22-13-6-5-12-20(21)22/h2-15H,16H2,1H3. The van der Waals surface area contributed by atoms with E-state index >= 15 is 0 Å². The molecule has 0 aliphatic carbocycles. The van der Waals surface area contributed by atoms with Crippen molar-refractivity contribution in [2.24, 2.45) is 0 Å². The average molecular weight is 397 g/mol. The minimum Gasteiger partial charge on any atom is -0.337 e. The second-order valence-corrected chi connectivity index (χ2v) is 7.03. The first kappa shape index (κ1) is 19.3. The molecule has 0 N–H and O–H groups in total. The zero-order valence-electron chi connectivity index (χ0n) is 16.4. The van der Waals surface area contributed by atoms with E-state index in [1.807, 2.05) is 60.7 Å². The summed E-state index contributed by atoms with van der Waals surface area (Å²) in [5, 5.41) is 11.8. The van der Waals surface area contributed by atoms with Gasteiger partial charge in [-0.2, -0.15) is 0 Å². The Morgan fingerprint density at radius 1 is 0.967 bits per heavy atom. The van der Waals surface area contributed by atoms with E-state index < -0.39 is 4.92 Å². The molecule has 30 heavy (non-hydrogen) atoms. The molecule has 1 aromatic heterocycles. The molecule has 0 unspecified atom stereocenters. The molecule has 0 radical (unpaired) electrons. The summed E-state index contributed by atoms with van der Waals surface area (Å²) in [6.45, 7) is 0.262. The van der Waals surface area contributed by atoms with Gasteiger partial charge in [-0.25, -0.2) is 4.98 Å². The molecule has 0 aliphatic rings. The number of rotatable bonds is 5. The van der Waals surface area contributed by atoms with Crippen LogP contribution in [0.4, 0.5) is 5.69 Å². The molecule has 0 spiro atoms. The van der Waals surface area contributed by atoms with E-state index in [4.69, 9.17) is 4.98 Å². The molecule has 0 aliphatic heterocycles. The van der Waals surface area contributed by atoms with Crippen LogP contribution in [0.2, 0.25) is 0 Å². The Labute approximate surface area is 173 Å². The largest absolute Gasteiger partial charge is 0.337 e. The summed E-state index contributed by atoms with van der Waals surface area (Å²) in [5.74, 6) is -0.169. The Morgan fingerprint density at radius 3 is 2.47 bits per heavy atom. The van der Waals surface area contributed by atoms with E-state index in [1.165, 1.54) is 12.1 Å². The lowest BCUT2D eigenvalue weighted by molar-refractivity contribution is -0.384. The number of aromatic nitrogens is 1. The molecule has 0 fully saturated rings. The topological polar surface area (TPSA) is 76.3 Å². The van der Waals surface area contributed by atoms with E-state index in [1.54, 1.807) is 24.1 Å². The maximum absolute atomic E-state index is 13.3. The van der Waals surface area contributed by atoms with Crippen molar-refractivity contribution >= 4 is 22.5 Å². The molecule has 148 valence electrons. The van der Waals surface area contributed by atoms with E-state index in [9.17, 15) is 14.9 Å². The van der Waals surface area contributed by atoms with Crippen molar-refractivity contribution < 1.29 is 9.72 Å². The number of para-hydroxylation sites is 1. The predicted molar refractivity (Wildman–Crippen MR) is 116 cm³/mol. The lowest BCUT2D eigenvalue weighted by Crippen LogP contribution is -2.26. The van der Waals surface area contributed by atoms with Gasteiger partial charge >= 0.3 is 0 Å². The summed E-state index contributed by atoms with van der Waals surface area (Å²) in [6, 6.07) is 25.4. The number of nitrogens with zero attached hydrogens (tertiary/aromatic N) is 3. The minimum atomic E-state index is -0.437. The lowest BCUT2D eigenvalue weighted by atomic mass is 10.0. The van der Waals surface area contributed by atoms with E-state index in [0.717, 1.165) is 22.2 Å². The number of amides is 1. The van der Waals surface area contributed by atoms with Crippen molar-refractivity contribution in [2.45, 2.75) is 6.54 Å². The zero-order valence-corrected chi connectivity index (χ0v) is 16.4. The minimum absolute atomic E-state index is 0.00840. The number of hydrogen-bond acceptors (Lipinski definition) is 4. The smallest absolute Gasteiger partial charge is 0.269 e. The fraction of sp³-hybridized carbons (Fsp3) is 0.0833. The Morgan fingerprint density at radius 2 is 1.70 bits per heavy atom. The van der Waals surface area contributed by atoms with Crippen LogP contribution in [0.15, 0.2) is 84.9 Å². The SMILES string of the molecule is CN(Cc1cccc([N+](=O)[O-])c1)C(=O)c1cc(-c2ccccc2)nc2ccccc12. The maximum Gasteiger partial charge on any atom is 0.269 e. The third-order valence-corrected chi connectivity index (χ3v) is 4.90.